The Morgan fingerprint density at radius 3 is 1.68 bits per heavy atom. The fourth-order valence-corrected chi connectivity index (χ4v) is 7.37. The summed E-state index contributed by atoms with van der Waals surface area (Å²) in [6.45, 7) is 34.6. The molecule has 0 aliphatic carbocycles. The van der Waals surface area contributed by atoms with Gasteiger partial charge in [-0.25, -0.2) is 0 Å². The van der Waals surface area contributed by atoms with E-state index in [-0.39, 0.29) is 33.4 Å². The normalized spacial score (nSPS) is 21.3. The van der Waals surface area contributed by atoms with Gasteiger partial charge in [-0.1, -0.05) is 62.3 Å². The Bertz CT molecular complexity index is 1060. The van der Waals surface area contributed by atoms with Gasteiger partial charge in [-0.3, -0.25) is 0 Å². The van der Waals surface area contributed by atoms with E-state index in [4.69, 9.17) is 27.5 Å². The summed E-state index contributed by atoms with van der Waals surface area (Å²) < 4.78 is 39.4. The molecule has 0 spiro atoms. The monoisotopic (exact) mass is 624 g/mol. The molecule has 1 aromatic rings. The van der Waals surface area contributed by atoms with E-state index in [2.05, 4.69) is 108 Å². The topological polar surface area (TPSA) is 55.4 Å². The molecular weight excluding hydrogens is 565 g/mol. The number of hydrogen-bond donors (Lipinski definition) is 0. The first-order valence-corrected chi connectivity index (χ1v) is 23.7. The van der Waals surface area contributed by atoms with Gasteiger partial charge in [0, 0.05) is 0 Å². The van der Waals surface area contributed by atoms with Crippen molar-refractivity contribution < 1.29 is 27.5 Å². The van der Waals surface area contributed by atoms with Crippen molar-refractivity contribution in [2.24, 2.45) is 0 Å². The number of hydrogen-bond acceptors (Lipinski definition) is 6. The average Bonchev–Trinajstić information content (AvgIpc) is 2.81. The Hall–Kier alpha value is -1.11. The average molecular weight is 625 g/mol. The molecule has 0 radical (unpaired) electrons. The molecule has 6 nitrogen and oxygen atoms in total. The fourth-order valence-electron chi connectivity index (χ4n) is 3.80. The van der Waals surface area contributed by atoms with Gasteiger partial charge in [-0.05, 0) is 78.7 Å². The van der Waals surface area contributed by atoms with Crippen LogP contribution in [-0.2, 0) is 18.0 Å². The molecule has 9 heteroatoms. The van der Waals surface area contributed by atoms with Crippen LogP contribution >= 0.6 is 0 Å². The predicted octanol–water partition coefficient (Wildman–Crippen LogP) is 9.25. The van der Waals surface area contributed by atoms with Crippen LogP contribution in [0.2, 0.25) is 54.4 Å². The number of rotatable bonds is 10. The standard InChI is InChI=1S/C32H60O6Si3/c1-30(2,3)39(12,13)35-22-28-29(38-41(16,17)32(7,8)9)27(37-40(14,15)31(4,5)6)21-26(36-28)24-20-23(33-10)18-19-25(24)34-11/h18-21,27-29H,22H2,1-17H3/t27-,28-,29+/m1/s1. The van der Waals surface area contributed by atoms with Crippen molar-refractivity contribution in [3.8, 4) is 11.5 Å². The lowest BCUT2D eigenvalue weighted by molar-refractivity contribution is -0.0592. The van der Waals surface area contributed by atoms with Gasteiger partial charge in [0.25, 0.3) is 0 Å². The molecule has 0 unspecified atom stereocenters. The zero-order valence-corrected chi connectivity index (χ0v) is 32.2. The molecule has 0 bridgehead atoms. The molecule has 2 rings (SSSR count). The van der Waals surface area contributed by atoms with Crippen molar-refractivity contribution in [3.63, 3.8) is 0 Å². The Kier molecular flexibility index (Phi) is 11.0. The summed E-state index contributed by atoms with van der Waals surface area (Å²) in [4.78, 5) is 0. The molecule has 0 saturated heterocycles. The smallest absolute Gasteiger partial charge is 0.193 e. The van der Waals surface area contributed by atoms with E-state index in [9.17, 15) is 0 Å². The molecule has 0 N–H and O–H groups in total. The van der Waals surface area contributed by atoms with Gasteiger partial charge in [0.15, 0.2) is 25.0 Å². The van der Waals surface area contributed by atoms with E-state index in [0.717, 1.165) is 17.1 Å². The second-order valence-corrected chi connectivity index (χ2v) is 30.3. The van der Waals surface area contributed by atoms with Crippen molar-refractivity contribution in [3.05, 3.63) is 29.8 Å². The third-order valence-electron chi connectivity index (χ3n) is 9.84. The third-order valence-corrected chi connectivity index (χ3v) is 23.3. The summed E-state index contributed by atoms with van der Waals surface area (Å²) in [5.41, 5.74) is 0.832. The van der Waals surface area contributed by atoms with Crippen LogP contribution in [0.1, 0.15) is 67.9 Å². The van der Waals surface area contributed by atoms with Crippen molar-refractivity contribution in [1.82, 2.24) is 0 Å². The van der Waals surface area contributed by atoms with Crippen LogP contribution in [0, 0.1) is 0 Å². The second kappa shape index (κ2) is 12.5. The summed E-state index contributed by atoms with van der Waals surface area (Å²) in [5.74, 6) is 2.17. The minimum absolute atomic E-state index is 0.0272. The van der Waals surface area contributed by atoms with Crippen LogP contribution in [0.4, 0.5) is 0 Å². The highest BCUT2D eigenvalue weighted by atomic mass is 28.4. The first-order chi connectivity index (χ1) is 18.4. The van der Waals surface area contributed by atoms with Crippen molar-refractivity contribution in [1.29, 1.82) is 0 Å². The zero-order valence-electron chi connectivity index (χ0n) is 29.2. The summed E-state index contributed by atoms with van der Waals surface area (Å²) in [6, 6.07) is 5.78. The van der Waals surface area contributed by atoms with Crippen molar-refractivity contribution >= 4 is 30.7 Å². The molecule has 1 heterocycles. The van der Waals surface area contributed by atoms with Gasteiger partial charge in [0.1, 0.15) is 29.5 Å². The molecule has 0 aromatic heterocycles. The minimum Gasteiger partial charge on any atom is -0.497 e. The van der Waals surface area contributed by atoms with E-state index < -0.39 is 25.0 Å². The van der Waals surface area contributed by atoms with Crippen LogP contribution in [0.15, 0.2) is 24.3 Å². The summed E-state index contributed by atoms with van der Waals surface area (Å²) in [7, 11) is -3.12. The van der Waals surface area contributed by atoms with Gasteiger partial charge in [-0.2, -0.15) is 0 Å². The van der Waals surface area contributed by atoms with Gasteiger partial charge in [0.2, 0.25) is 0 Å². The zero-order chi connectivity index (χ0) is 31.8. The fraction of sp³-hybridized carbons (Fsp3) is 0.750. The third kappa shape index (κ3) is 8.50. The van der Waals surface area contributed by atoms with Gasteiger partial charge in [0.05, 0.1) is 32.5 Å². The van der Waals surface area contributed by atoms with Gasteiger partial charge >= 0.3 is 0 Å². The highest BCUT2D eigenvalue weighted by molar-refractivity contribution is 6.75. The van der Waals surface area contributed by atoms with Crippen LogP contribution in [0.3, 0.4) is 0 Å². The molecule has 0 amide bonds. The number of ether oxygens (including phenoxy) is 3. The van der Waals surface area contributed by atoms with Gasteiger partial charge < -0.3 is 27.5 Å². The molecule has 0 saturated carbocycles. The number of methoxy groups -OCH3 is 2. The largest absolute Gasteiger partial charge is 0.497 e. The molecular formula is C32H60O6Si3. The summed E-state index contributed by atoms with van der Waals surface area (Å²) >= 11 is 0. The van der Waals surface area contributed by atoms with Crippen molar-refractivity contribution in [2.75, 3.05) is 20.8 Å². The second-order valence-electron chi connectivity index (χ2n) is 16.0. The summed E-state index contributed by atoms with van der Waals surface area (Å²) in [6.07, 6.45) is 1.13. The minimum atomic E-state index is -2.21. The molecule has 1 aromatic carbocycles. The molecule has 41 heavy (non-hydrogen) atoms. The first kappa shape index (κ1) is 36.1. The van der Waals surface area contributed by atoms with Crippen LogP contribution in [0.25, 0.3) is 5.76 Å². The van der Waals surface area contributed by atoms with E-state index in [1.807, 2.05) is 18.2 Å². The maximum Gasteiger partial charge on any atom is 0.193 e. The maximum atomic E-state index is 7.21. The van der Waals surface area contributed by atoms with E-state index in [1.165, 1.54) is 0 Å². The van der Waals surface area contributed by atoms with Crippen LogP contribution in [0.5, 0.6) is 11.5 Å². The maximum absolute atomic E-state index is 7.21. The highest BCUT2D eigenvalue weighted by Gasteiger charge is 2.49. The van der Waals surface area contributed by atoms with Crippen molar-refractivity contribution in [2.45, 2.75) is 135 Å². The molecule has 0 fully saturated rings. The SMILES string of the molecule is COc1ccc(OC)c(C2=C[C@@H](O[Si](C)(C)C(C)(C)C)[C@H](O[Si](C)(C)C(C)(C)C)[C@@H](CO[Si](C)(C)C(C)(C)C)O2)c1. The molecule has 236 valence electrons. The van der Waals surface area contributed by atoms with E-state index >= 15 is 0 Å². The number of benzene rings is 1. The van der Waals surface area contributed by atoms with Crippen LogP contribution < -0.4 is 9.47 Å². The van der Waals surface area contributed by atoms with Gasteiger partial charge in [-0.15, -0.1) is 0 Å². The predicted molar refractivity (Wildman–Crippen MR) is 180 cm³/mol. The summed E-state index contributed by atoms with van der Waals surface area (Å²) in [5, 5.41) is 0.129. The highest BCUT2D eigenvalue weighted by Crippen LogP contribution is 2.45. The Morgan fingerprint density at radius 1 is 0.707 bits per heavy atom. The lowest BCUT2D eigenvalue weighted by atomic mass is 10.0. The Balaban J connectivity index is 2.75. The lowest BCUT2D eigenvalue weighted by Crippen LogP contribution is -2.58. The first-order valence-electron chi connectivity index (χ1n) is 15.0. The van der Waals surface area contributed by atoms with E-state index in [1.54, 1.807) is 14.2 Å². The Labute approximate surface area is 254 Å². The van der Waals surface area contributed by atoms with E-state index in [0.29, 0.717) is 12.4 Å². The molecule has 1 aliphatic heterocycles. The molecule has 1 aliphatic rings. The molecule has 3 atom stereocenters. The quantitative estimate of drug-likeness (QED) is 0.242. The Morgan fingerprint density at radius 2 is 1.22 bits per heavy atom. The lowest BCUT2D eigenvalue weighted by Gasteiger charge is -2.48. The van der Waals surface area contributed by atoms with Crippen LogP contribution in [-0.4, -0.2) is 64.1 Å².